The van der Waals surface area contributed by atoms with Gasteiger partial charge in [0.05, 0.1) is 0 Å². The van der Waals surface area contributed by atoms with E-state index >= 15 is 0 Å². The molecule has 0 aromatic heterocycles. The molecule has 1 fully saturated rings. The number of alkyl halides is 3. The van der Waals surface area contributed by atoms with Crippen LogP contribution in [-0.4, -0.2) is 36.5 Å². The second kappa shape index (κ2) is 5.34. The number of carbonyl (C=O) groups is 1. The molecule has 1 heterocycles. The van der Waals surface area contributed by atoms with Gasteiger partial charge in [0.15, 0.2) is 0 Å². The van der Waals surface area contributed by atoms with E-state index in [-0.39, 0.29) is 13.0 Å². The van der Waals surface area contributed by atoms with E-state index in [2.05, 4.69) is 10.6 Å². The molecule has 2 unspecified atom stereocenters. The Morgan fingerprint density at radius 2 is 1.94 bits per heavy atom. The lowest BCUT2D eigenvalue weighted by molar-refractivity contribution is -0.167. The van der Waals surface area contributed by atoms with E-state index in [1.165, 1.54) is 0 Å². The molecule has 0 radical (unpaired) electrons. The summed E-state index contributed by atoms with van der Waals surface area (Å²) >= 11 is 0. The van der Waals surface area contributed by atoms with Crippen LogP contribution in [0, 0.1) is 0 Å². The Bertz CT molecular complexity index is 300. The van der Waals surface area contributed by atoms with E-state index in [0.29, 0.717) is 6.42 Å². The molecule has 0 spiro atoms. The van der Waals surface area contributed by atoms with Crippen molar-refractivity contribution in [3.05, 3.63) is 0 Å². The summed E-state index contributed by atoms with van der Waals surface area (Å²) in [4.78, 5) is 11.4. The van der Waals surface area contributed by atoms with Crippen LogP contribution in [0.25, 0.3) is 0 Å². The molecule has 1 aliphatic rings. The highest BCUT2D eigenvalue weighted by molar-refractivity contribution is 5.68. The molecule has 1 rings (SSSR count). The van der Waals surface area contributed by atoms with E-state index in [0.717, 1.165) is 0 Å². The second-order valence-electron chi connectivity index (χ2n) is 5.48. The zero-order valence-corrected chi connectivity index (χ0v) is 10.7. The highest BCUT2D eigenvalue weighted by Crippen LogP contribution is 2.27. The molecule has 0 aromatic carbocycles. The minimum Gasteiger partial charge on any atom is -0.446 e. The van der Waals surface area contributed by atoms with Gasteiger partial charge in [0.1, 0.15) is 12.1 Å². The van der Waals surface area contributed by atoms with Gasteiger partial charge in [0.25, 0.3) is 0 Å². The summed E-state index contributed by atoms with van der Waals surface area (Å²) in [5.74, 6) is 0. The smallest absolute Gasteiger partial charge is 0.407 e. The van der Waals surface area contributed by atoms with Gasteiger partial charge in [-0.1, -0.05) is 0 Å². The number of ether oxygens (including phenoxy) is 1. The fourth-order valence-electron chi connectivity index (χ4n) is 1.73. The van der Waals surface area contributed by atoms with Crippen molar-refractivity contribution >= 4 is 6.09 Å². The lowest BCUT2D eigenvalue weighted by Crippen LogP contribution is -2.51. The third kappa shape index (κ3) is 5.12. The predicted octanol–water partition coefficient (Wildman–Crippen LogP) is 2.19. The summed E-state index contributed by atoms with van der Waals surface area (Å²) < 4.78 is 42.5. The van der Waals surface area contributed by atoms with E-state index in [1.807, 2.05) is 0 Å². The number of halogens is 3. The summed E-state index contributed by atoms with van der Waals surface area (Å²) in [6.07, 6.45) is -5.51. The van der Waals surface area contributed by atoms with E-state index in [9.17, 15) is 18.0 Å². The van der Waals surface area contributed by atoms with Crippen LogP contribution in [0.5, 0.6) is 0 Å². The van der Waals surface area contributed by atoms with Crippen molar-refractivity contribution in [2.75, 3.05) is 6.54 Å². The van der Waals surface area contributed by atoms with Gasteiger partial charge in [0.2, 0.25) is 0 Å². The summed E-state index contributed by atoms with van der Waals surface area (Å²) in [5.41, 5.74) is -0.465. The Kier molecular flexibility index (Phi) is 4.47. The van der Waals surface area contributed by atoms with Gasteiger partial charge in [0, 0.05) is 12.0 Å². The van der Waals surface area contributed by atoms with Crippen LogP contribution in [0.3, 0.4) is 0 Å². The third-order valence-corrected chi connectivity index (χ3v) is 2.50. The van der Waals surface area contributed by atoms with Gasteiger partial charge in [-0.05, 0) is 33.7 Å². The molecule has 106 valence electrons. The Morgan fingerprint density at radius 3 is 2.44 bits per heavy atom. The van der Waals surface area contributed by atoms with Crippen LogP contribution in [0.1, 0.15) is 33.6 Å². The molecule has 1 amide bonds. The normalized spacial score (nSPS) is 25.7. The number of amides is 1. The van der Waals surface area contributed by atoms with E-state index in [1.54, 1.807) is 20.8 Å². The molecule has 0 aliphatic carbocycles. The molecule has 0 saturated carbocycles. The number of rotatable bonds is 1. The molecule has 4 nitrogen and oxygen atoms in total. The van der Waals surface area contributed by atoms with Crippen LogP contribution in [0.15, 0.2) is 0 Å². The first-order chi connectivity index (χ1) is 8.08. The average molecular weight is 268 g/mol. The molecule has 0 aromatic rings. The van der Waals surface area contributed by atoms with E-state index in [4.69, 9.17) is 4.74 Å². The molecule has 0 bridgehead atoms. The van der Waals surface area contributed by atoms with Crippen LogP contribution in [0.4, 0.5) is 18.0 Å². The van der Waals surface area contributed by atoms with E-state index < -0.39 is 30.0 Å². The number of hydrogen-bond donors (Lipinski definition) is 2. The SMILES string of the molecule is CC(C)(C)NC(=O)OC1CCNC(C(F)(F)F)C1. The van der Waals surface area contributed by atoms with Crippen LogP contribution >= 0.6 is 0 Å². The molecule has 18 heavy (non-hydrogen) atoms. The maximum absolute atomic E-state index is 12.5. The summed E-state index contributed by atoms with van der Waals surface area (Å²) in [7, 11) is 0. The van der Waals surface area contributed by atoms with Crippen LogP contribution < -0.4 is 10.6 Å². The minimum absolute atomic E-state index is 0.192. The Balaban J connectivity index is 2.46. The van der Waals surface area contributed by atoms with Gasteiger partial charge in [-0.25, -0.2) is 4.79 Å². The second-order valence-corrected chi connectivity index (χ2v) is 5.48. The first kappa shape index (κ1) is 15.1. The number of alkyl carbamates (subject to hydrolysis) is 1. The molecule has 1 aliphatic heterocycles. The summed E-state index contributed by atoms with van der Waals surface area (Å²) in [6.45, 7) is 5.51. The van der Waals surface area contributed by atoms with Crippen LogP contribution in [-0.2, 0) is 4.74 Å². The molecular weight excluding hydrogens is 249 g/mol. The van der Waals surface area contributed by atoms with Crippen molar-refractivity contribution in [1.82, 2.24) is 10.6 Å². The zero-order valence-electron chi connectivity index (χ0n) is 10.7. The van der Waals surface area contributed by atoms with Gasteiger partial charge in [-0.3, -0.25) is 0 Å². The summed E-state index contributed by atoms with van der Waals surface area (Å²) in [5, 5.41) is 4.93. The van der Waals surface area contributed by atoms with Gasteiger partial charge < -0.3 is 15.4 Å². The lowest BCUT2D eigenvalue weighted by Gasteiger charge is -2.32. The third-order valence-electron chi connectivity index (χ3n) is 2.50. The molecule has 2 atom stereocenters. The minimum atomic E-state index is -4.30. The quantitative estimate of drug-likeness (QED) is 0.766. The molecule has 2 N–H and O–H groups in total. The number of piperidine rings is 1. The maximum Gasteiger partial charge on any atom is 0.407 e. The fourth-order valence-corrected chi connectivity index (χ4v) is 1.73. The average Bonchev–Trinajstić information content (AvgIpc) is 2.13. The van der Waals surface area contributed by atoms with Crippen molar-refractivity contribution in [3.8, 4) is 0 Å². The standard InChI is InChI=1S/C11H19F3N2O2/c1-10(2,3)16-9(17)18-7-4-5-15-8(6-7)11(12,13)14/h7-8,15H,4-6H2,1-3H3,(H,16,17). The van der Waals surface area contributed by atoms with Crippen molar-refractivity contribution in [2.45, 2.75) is 57.5 Å². The summed E-state index contributed by atoms with van der Waals surface area (Å²) in [6, 6.07) is -1.60. The monoisotopic (exact) mass is 268 g/mol. The van der Waals surface area contributed by atoms with Gasteiger partial charge >= 0.3 is 12.3 Å². The highest BCUT2D eigenvalue weighted by Gasteiger charge is 2.43. The maximum atomic E-state index is 12.5. The Hall–Kier alpha value is -0.980. The largest absolute Gasteiger partial charge is 0.446 e. The van der Waals surface area contributed by atoms with Crippen molar-refractivity contribution in [3.63, 3.8) is 0 Å². The van der Waals surface area contributed by atoms with Crippen molar-refractivity contribution < 1.29 is 22.7 Å². The fraction of sp³-hybridized carbons (Fsp3) is 0.909. The number of nitrogens with one attached hydrogen (secondary N) is 2. The molecular formula is C11H19F3N2O2. The lowest BCUT2D eigenvalue weighted by atomic mass is 10.0. The first-order valence-corrected chi connectivity index (χ1v) is 5.87. The van der Waals surface area contributed by atoms with Crippen LogP contribution in [0.2, 0.25) is 0 Å². The topological polar surface area (TPSA) is 50.4 Å². The molecule has 7 heteroatoms. The number of carbonyl (C=O) groups excluding carboxylic acids is 1. The van der Waals surface area contributed by atoms with Crippen molar-refractivity contribution in [1.29, 1.82) is 0 Å². The number of hydrogen-bond acceptors (Lipinski definition) is 3. The zero-order chi connectivity index (χ0) is 14.0. The van der Waals surface area contributed by atoms with Gasteiger partial charge in [-0.15, -0.1) is 0 Å². The Labute approximate surface area is 104 Å². The van der Waals surface area contributed by atoms with Gasteiger partial charge in [-0.2, -0.15) is 13.2 Å². The first-order valence-electron chi connectivity index (χ1n) is 5.87. The molecule has 1 saturated heterocycles. The highest BCUT2D eigenvalue weighted by atomic mass is 19.4. The predicted molar refractivity (Wildman–Crippen MR) is 60.2 cm³/mol. The van der Waals surface area contributed by atoms with Crippen molar-refractivity contribution in [2.24, 2.45) is 0 Å². The Morgan fingerprint density at radius 1 is 1.33 bits per heavy atom.